The number of phosphoric ester groups is 2. The van der Waals surface area contributed by atoms with Crippen LogP contribution < -0.4 is 0 Å². The summed E-state index contributed by atoms with van der Waals surface area (Å²) in [6.07, 6.45) is 85.5. The molecule has 0 aromatic carbocycles. The van der Waals surface area contributed by atoms with E-state index in [0.29, 0.717) is 25.7 Å². The highest BCUT2D eigenvalue weighted by atomic mass is 31.2. The van der Waals surface area contributed by atoms with Gasteiger partial charge < -0.3 is 34.2 Å². The average Bonchev–Trinajstić information content (AvgIpc) is 1.99. The smallest absolute Gasteiger partial charge is 0.463 e. The van der Waals surface area contributed by atoms with Gasteiger partial charge in [-0.15, -0.1) is 0 Å². The van der Waals surface area contributed by atoms with Crippen molar-refractivity contribution < 1.29 is 75.8 Å². The Balaban J connectivity index is 4.80. The number of aliphatic hydroxyl groups excluding tert-OH is 2. The van der Waals surface area contributed by atoms with Gasteiger partial charge >= 0.3 is 33.6 Å². The Morgan fingerprint density at radius 2 is 0.568 bits per heavy atom. The van der Waals surface area contributed by atoms with Crippen LogP contribution in [0.1, 0.15) is 239 Å². The molecule has 5 unspecified atom stereocenters. The first-order chi connectivity index (χ1) is 46.2. The zero-order chi connectivity index (χ0) is 69.5. The van der Waals surface area contributed by atoms with Gasteiger partial charge in [0.15, 0.2) is 6.10 Å². The lowest BCUT2D eigenvalue weighted by molar-refractivity contribution is -0.161. The third-order valence-electron chi connectivity index (χ3n) is 13.9. The van der Waals surface area contributed by atoms with Gasteiger partial charge in [0.2, 0.25) is 0 Å². The van der Waals surface area contributed by atoms with Crippen molar-refractivity contribution in [3.8, 4) is 0 Å². The van der Waals surface area contributed by atoms with E-state index < -0.39 is 91.5 Å². The fourth-order valence-electron chi connectivity index (χ4n) is 8.56. The van der Waals surface area contributed by atoms with Crippen molar-refractivity contribution in [3.05, 3.63) is 170 Å². The number of carbonyl (C=O) groups excluding carboxylic acids is 3. The Morgan fingerprint density at radius 1 is 0.305 bits per heavy atom. The van der Waals surface area contributed by atoms with Crippen molar-refractivity contribution in [1.82, 2.24) is 0 Å². The molecule has 0 aliphatic heterocycles. The van der Waals surface area contributed by atoms with Gasteiger partial charge in [-0.25, -0.2) is 9.13 Å². The molecule has 0 spiro atoms. The second kappa shape index (κ2) is 68.8. The molecule has 5 atom stereocenters. The monoisotopic (exact) mass is 1370 g/mol. The Bertz CT molecular complexity index is 2410. The van der Waals surface area contributed by atoms with Crippen molar-refractivity contribution in [1.29, 1.82) is 0 Å². The molecule has 0 radical (unpaired) electrons. The predicted molar refractivity (Wildman–Crippen MR) is 389 cm³/mol. The third-order valence-corrected chi connectivity index (χ3v) is 15.8. The number of ether oxygens (including phenoxy) is 3. The molecule has 538 valence electrons. The Morgan fingerprint density at radius 3 is 0.916 bits per heavy atom. The van der Waals surface area contributed by atoms with E-state index in [1.165, 1.54) is 19.3 Å². The van der Waals surface area contributed by atoms with E-state index in [-0.39, 0.29) is 19.3 Å². The van der Waals surface area contributed by atoms with Crippen molar-refractivity contribution in [2.24, 2.45) is 0 Å². The number of phosphoric acid groups is 2. The van der Waals surface area contributed by atoms with Crippen LogP contribution in [0, 0.1) is 0 Å². The van der Waals surface area contributed by atoms with E-state index >= 15 is 0 Å². The number of rotatable bonds is 65. The van der Waals surface area contributed by atoms with E-state index in [4.69, 9.17) is 32.3 Å². The van der Waals surface area contributed by atoms with Crippen molar-refractivity contribution in [3.63, 3.8) is 0 Å². The van der Waals surface area contributed by atoms with E-state index in [1.54, 1.807) is 0 Å². The molecule has 0 heterocycles. The highest BCUT2D eigenvalue weighted by Gasteiger charge is 2.29. The van der Waals surface area contributed by atoms with Gasteiger partial charge in [-0.3, -0.25) is 32.5 Å². The van der Waals surface area contributed by atoms with Gasteiger partial charge in [0.25, 0.3) is 0 Å². The predicted octanol–water partition coefficient (Wildman–Crippen LogP) is 20.1. The number of carbonyl (C=O) groups is 3. The van der Waals surface area contributed by atoms with Crippen molar-refractivity contribution in [2.45, 2.75) is 257 Å². The van der Waals surface area contributed by atoms with Gasteiger partial charge in [-0.2, -0.15) is 0 Å². The maximum Gasteiger partial charge on any atom is 0.472 e. The van der Waals surface area contributed by atoms with Crippen LogP contribution in [0.5, 0.6) is 0 Å². The lowest BCUT2D eigenvalue weighted by Crippen LogP contribution is -2.30. The summed E-state index contributed by atoms with van der Waals surface area (Å²) in [6, 6.07) is 0. The highest BCUT2D eigenvalue weighted by Crippen LogP contribution is 2.45. The minimum absolute atomic E-state index is 0.0144. The van der Waals surface area contributed by atoms with Crippen molar-refractivity contribution >= 4 is 33.6 Å². The minimum Gasteiger partial charge on any atom is -0.463 e. The molecule has 0 fully saturated rings. The first kappa shape index (κ1) is 89.9. The largest absolute Gasteiger partial charge is 0.472 e. The molecule has 0 aliphatic rings. The van der Waals surface area contributed by atoms with Gasteiger partial charge in [0, 0.05) is 19.3 Å². The van der Waals surface area contributed by atoms with Crippen LogP contribution in [0.4, 0.5) is 0 Å². The summed E-state index contributed by atoms with van der Waals surface area (Å²) in [7, 11) is -9.83. The molecule has 0 saturated heterocycles. The Hall–Kier alpha value is -5.09. The molecular weight excluding hydrogens is 1240 g/mol. The summed E-state index contributed by atoms with van der Waals surface area (Å²) in [5.41, 5.74) is 0. The SMILES string of the molecule is CC/C=C\C/C=C\C/C=C\C/C=C\C/C=C\CCCCCCCC(=O)OCC(O)COP(=O)(O)OCC(O)COP(=O)(O)OCC(COC(=O)CCCCCCC/C=C\C/C=C\C/C=C\C/C=C\CCCCC)OC(=O)CCC/C=C\C/C=C\C/C=C\C/C=C\C/C=C\CC. The quantitative estimate of drug-likeness (QED) is 0.0146. The van der Waals surface area contributed by atoms with Crippen LogP contribution in [0.25, 0.3) is 0 Å². The van der Waals surface area contributed by atoms with Crippen LogP contribution in [-0.4, -0.2) is 95.9 Å². The molecule has 0 rings (SSSR count). The number of aliphatic hydroxyl groups is 2. The van der Waals surface area contributed by atoms with Gasteiger partial charge in [0.1, 0.15) is 25.4 Å². The van der Waals surface area contributed by atoms with E-state index in [9.17, 15) is 43.5 Å². The first-order valence-electron chi connectivity index (χ1n) is 35.4. The maximum atomic E-state index is 12.9. The van der Waals surface area contributed by atoms with Crippen LogP contribution in [0.15, 0.2) is 170 Å². The van der Waals surface area contributed by atoms with Crippen molar-refractivity contribution in [2.75, 3.05) is 39.6 Å². The number of unbranched alkanes of at least 4 members (excludes halogenated alkanes) is 14. The van der Waals surface area contributed by atoms with Gasteiger partial charge in [0.05, 0.1) is 26.4 Å². The fourth-order valence-corrected chi connectivity index (χ4v) is 10.1. The zero-order valence-corrected chi connectivity index (χ0v) is 60.1. The molecule has 0 aromatic heterocycles. The average molecular weight is 1370 g/mol. The first-order valence-corrected chi connectivity index (χ1v) is 38.4. The second-order valence-electron chi connectivity index (χ2n) is 22.9. The molecule has 0 amide bonds. The van der Waals surface area contributed by atoms with Gasteiger partial charge in [-0.05, 0) is 148 Å². The normalized spacial score (nSPS) is 15.1. The molecule has 16 nitrogen and oxygen atoms in total. The Kier molecular flexibility index (Phi) is 65.1. The molecule has 18 heteroatoms. The maximum absolute atomic E-state index is 12.9. The van der Waals surface area contributed by atoms with Crippen LogP contribution >= 0.6 is 15.6 Å². The lowest BCUT2D eigenvalue weighted by Gasteiger charge is -2.21. The zero-order valence-electron chi connectivity index (χ0n) is 58.3. The number of allylic oxidation sites excluding steroid dienone is 28. The standard InChI is InChI=1S/C77H124O16P2/c1-4-7-10-13-16-19-22-25-28-31-33-35-37-40-42-45-48-51-54-57-60-63-75(80)87-66-72(78)67-89-94(83,84)90-68-73(79)69-91-95(85,86)92-71-74(93-77(82)65-62-59-56-53-50-47-44-39-30-27-24-21-18-15-12-9-6-3)70-88-76(81)64-61-58-55-52-49-46-43-41-38-36-34-32-29-26-23-20-17-14-11-8-5-2/h7,9-10,12,16-21,25-30,33-36,40-44,47,53,56,72-74,78-79H,4-6,8,11,13-15,22-24,31-32,37-39,45-46,48-52,54-55,57-71H2,1-3H3,(H,83,84)(H,85,86)/b10-7-,12-9-,19-16-,20-17-,21-18-,28-25-,29-26-,30-27-,35-33-,36-34-,42-40-,43-41-,47-44-,56-53-. The van der Waals surface area contributed by atoms with E-state index in [1.807, 2.05) is 12.2 Å². The molecule has 4 N–H and O–H groups in total. The summed E-state index contributed by atoms with van der Waals surface area (Å²) < 4.78 is 60.9. The highest BCUT2D eigenvalue weighted by molar-refractivity contribution is 7.47. The summed E-state index contributed by atoms with van der Waals surface area (Å²) in [6.45, 7) is 2.27. The number of esters is 3. The Labute approximate surface area is 573 Å². The topological polar surface area (TPSA) is 231 Å². The third kappa shape index (κ3) is 70.1. The molecular formula is C77H124O16P2. The van der Waals surface area contributed by atoms with E-state index in [0.717, 1.165) is 154 Å². The number of hydrogen-bond acceptors (Lipinski definition) is 14. The summed E-state index contributed by atoms with van der Waals surface area (Å²) in [5.74, 6) is -1.70. The summed E-state index contributed by atoms with van der Waals surface area (Å²) >= 11 is 0. The summed E-state index contributed by atoms with van der Waals surface area (Å²) in [5, 5.41) is 20.6. The molecule has 95 heavy (non-hydrogen) atoms. The molecule has 0 saturated carbocycles. The second-order valence-corrected chi connectivity index (χ2v) is 25.8. The van der Waals surface area contributed by atoms with E-state index in [2.05, 4.69) is 179 Å². The van der Waals surface area contributed by atoms with Crippen LogP contribution in [0.2, 0.25) is 0 Å². The summed E-state index contributed by atoms with van der Waals surface area (Å²) in [4.78, 5) is 58.5. The molecule has 0 bridgehead atoms. The number of hydrogen-bond donors (Lipinski definition) is 4. The lowest BCUT2D eigenvalue weighted by atomic mass is 10.1. The molecule has 0 aromatic rings. The van der Waals surface area contributed by atoms with Crippen LogP contribution in [-0.2, 0) is 55.8 Å². The fraction of sp³-hybridized carbons (Fsp3) is 0.597. The molecule has 0 aliphatic carbocycles. The minimum atomic E-state index is -4.96. The van der Waals surface area contributed by atoms with Crippen LogP contribution in [0.3, 0.4) is 0 Å². The van der Waals surface area contributed by atoms with Gasteiger partial charge in [-0.1, -0.05) is 242 Å².